The molecule has 3 aliphatic rings. The van der Waals surface area contributed by atoms with Crippen molar-refractivity contribution in [3.63, 3.8) is 0 Å². The Morgan fingerprint density at radius 3 is 2.62 bits per heavy atom. The number of aliphatic hydroxyl groups is 1. The minimum Gasteiger partial charge on any atom is -0.497 e. The fourth-order valence-corrected chi connectivity index (χ4v) is 5.83. The second kappa shape index (κ2) is 10.3. The number of esters is 1. The molecule has 5 atom stereocenters. The Morgan fingerprint density at radius 1 is 1.21 bits per heavy atom. The normalized spacial score (nSPS) is 29.3. The van der Waals surface area contributed by atoms with E-state index in [2.05, 4.69) is 5.32 Å². The molecule has 34 heavy (non-hydrogen) atoms. The number of aliphatic hydroxyl groups excluding tert-OH is 1. The van der Waals surface area contributed by atoms with Crippen LogP contribution in [0.15, 0.2) is 24.3 Å². The van der Waals surface area contributed by atoms with Gasteiger partial charge in [-0.25, -0.2) is 0 Å². The number of amides is 2. The maximum Gasteiger partial charge on any atom is 0.312 e. The summed E-state index contributed by atoms with van der Waals surface area (Å²) in [7, 11) is 1.57. The second-order valence-corrected chi connectivity index (χ2v) is 9.20. The van der Waals surface area contributed by atoms with Crippen molar-refractivity contribution in [1.82, 2.24) is 4.90 Å². The first kappa shape index (κ1) is 24.5. The van der Waals surface area contributed by atoms with E-state index in [9.17, 15) is 14.4 Å². The highest BCUT2D eigenvalue weighted by Gasteiger charge is 2.74. The smallest absolute Gasteiger partial charge is 0.312 e. The number of fused-ring (bicyclic) bond motifs is 1. The molecular weight excluding hydrogens is 440 g/mol. The summed E-state index contributed by atoms with van der Waals surface area (Å²) >= 11 is 0. The molecular formula is C25H34N2O7. The molecule has 0 aromatic heterocycles. The van der Waals surface area contributed by atoms with Gasteiger partial charge in [-0.1, -0.05) is 12.8 Å². The van der Waals surface area contributed by atoms with Crippen LogP contribution < -0.4 is 10.1 Å². The summed E-state index contributed by atoms with van der Waals surface area (Å²) in [6, 6.07) is 6.18. The lowest BCUT2D eigenvalue weighted by molar-refractivity contribution is -0.154. The number of nitrogens with one attached hydrogen (secondary N) is 1. The zero-order chi connectivity index (χ0) is 24.3. The first-order valence-electron chi connectivity index (χ1n) is 12.2. The first-order chi connectivity index (χ1) is 16.5. The summed E-state index contributed by atoms with van der Waals surface area (Å²) in [6.07, 6.45) is 3.84. The van der Waals surface area contributed by atoms with Gasteiger partial charge >= 0.3 is 5.97 Å². The average Bonchev–Trinajstić information content (AvgIpc) is 3.47. The summed E-state index contributed by atoms with van der Waals surface area (Å²) in [6.45, 7) is 2.50. The van der Waals surface area contributed by atoms with Crippen LogP contribution in [0.1, 0.15) is 45.4 Å². The Balaban J connectivity index is 1.59. The lowest BCUT2D eigenvalue weighted by Crippen LogP contribution is -2.53. The predicted octanol–water partition coefficient (Wildman–Crippen LogP) is 2.12. The molecule has 3 saturated heterocycles. The lowest BCUT2D eigenvalue weighted by Gasteiger charge is -2.33. The van der Waals surface area contributed by atoms with Crippen LogP contribution >= 0.6 is 0 Å². The van der Waals surface area contributed by atoms with Crippen molar-refractivity contribution < 1.29 is 33.7 Å². The molecule has 0 saturated carbocycles. The number of unbranched alkanes of at least 4 members (excludes halogenated alkanes) is 3. The molecule has 9 nitrogen and oxygen atoms in total. The van der Waals surface area contributed by atoms with Gasteiger partial charge in [0.05, 0.1) is 31.7 Å². The largest absolute Gasteiger partial charge is 0.497 e. The number of carbonyl (C=O) groups is 3. The number of methoxy groups -OCH3 is 1. The Labute approximate surface area is 199 Å². The lowest BCUT2D eigenvalue weighted by atomic mass is 9.71. The number of likely N-dealkylation sites (tertiary alicyclic amines) is 1. The first-order valence-corrected chi connectivity index (χ1v) is 12.2. The third kappa shape index (κ3) is 4.27. The van der Waals surface area contributed by atoms with E-state index >= 15 is 0 Å². The van der Waals surface area contributed by atoms with Gasteiger partial charge in [0.15, 0.2) is 0 Å². The van der Waals surface area contributed by atoms with Crippen LogP contribution in [0, 0.1) is 11.8 Å². The fourth-order valence-electron chi connectivity index (χ4n) is 5.83. The van der Waals surface area contributed by atoms with E-state index in [1.807, 2.05) is 0 Å². The Kier molecular flexibility index (Phi) is 7.42. The van der Waals surface area contributed by atoms with Gasteiger partial charge in [-0.05, 0) is 56.9 Å². The monoisotopic (exact) mass is 474 g/mol. The molecule has 3 aliphatic heterocycles. The van der Waals surface area contributed by atoms with E-state index in [1.54, 1.807) is 43.2 Å². The Hall–Kier alpha value is -2.65. The third-order valence-electron chi connectivity index (χ3n) is 7.27. The number of anilines is 1. The van der Waals surface area contributed by atoms with E-state index in [0.717, 1.165) is 12.8 Å². The van der Waals surface area contributed by atoms with Crippen LogP contribution in [0.5, 0.6) is 5.75 Å². The molecule has 1 aromatic carbocycles. The van der Waals surface area contributed by atoms with Crippen LogP contribution in [0.3, 0.4) is 0 Å². The highest BCUT2D eigenvalue weighted by molar-refractivity contribution is 6.03. The number of benzene rings is 1. The van der Waals surface area contributed by atoms with E-state index in [1.165, 1.54) is 0 Å². The van der Waals surface area contributed by atoms with Crippen molar-refractivity contribution >= 4 is 23.5 Å². The van der Waals surface area contributed by atoms with Gasteiger partial charge in [0, 0.05) is 18.8 Å². The Morgan fingerprint density at radius 2 is 1.94 bits per heavy atom. The molecule has 9 heteroatoms. The van der Waals surface area contributed by atoms with Crippen LogP contribution in [0.25, 0.3) is 0 Å². The fraction of sp³-hybridized carbons (Fsp3) is 0.640. The number of hydrogen-bond acceptors (Lipinski definition) is 7. The van der Waals surface area contributed by atoms with Gasteiger partial charge in [-0.2, -0.15) is 0 Å². The van der Waals surface area contributed by atoms with Crippen molar-refractivity contribution in [3.05, 3.63) is 24.3 Å². The van der Waals surface area contributed by atoms with Crippen LogP contribution in [-0.4, -0.2) is 72.4 Å². The molecule has 3 fully saturated rings. The number of hydrogen-bond donors (Lipinski definition) is 2. The average molecular weight is 475 g/mol. The molecule has 2 bridgehead atoms. The van der Waals surface area contributed by atoms with Gasteiger partial charge in [0.25, 0.3) is 0 Å². The summed E-state index contributed by atoms with van der Waals surface area (Å²) in [4.78, 5) is 41.7. The number of ether oxygens (including phenoxy) is 3. The van der Waals surface area contributed by atoms with Gasteiger partial charge < -0.3 is 29.5 Å². The van der Waals surface area contributed by atoms with Crippen molar-refractivity contribution in [3.8, 4) is 5.75 Å². The van der Waals surface area contributed by atoms with Gasteiger partial charge in [0.1, 0.15) is 17.4 Å². The molecule has 1 aromatic rings. The molecule has 0 unspecified atom stereocenters. The zero-order valence-electron chi connectivity index (χ0n) is 19.8. The number of carbonyl (C=O) groups excluding carboxylic acids is 3. The zero-order valence-corrected chi connectivity index (χ0v) is 19.8. The molecule has 2 amide bonds. The van der Waals surface area contributed by atoms with E-state index in [-0.39, 0.29) is 25.0 Å². The van der Waals surface area contributed by atoms with Crippen molar-refractivity contribution in [2.75, 3.05) is 32.2 Å². The maximum atomic E-state index is 13.7. The van der Waals surface area contributed by atoms with Crippen molar-refractivity contribution in [1.29, 1.82) is 0 Å². The second-order valence-electron chi connectivity index (χ2n) is 9.20. The van der Waals surface area contributed by atoms with Crippen LogP contribution in [0.2, 0.25) is 0 Å². The highest BCUT2D eigenvalue weighted by atomic mass is 16.6. The van der Waals surface area contributed by atoms with E-state index < -0.39 is 35.6 Å². The molecule has 1 spiro atoms. The minimum atomic E-state index is -1.03. The standard InChI is InChI=1S/C25H34N2O7/c1-3-33-24(31)19-18-12-13-25(34-18)20(19)23(30)27(14-6-4-5-7-15-28)21(25)22(29)26-16-8-10-17(32-2)11-9-16/h8-11,18-21,28H,3-7,12-15H2,1-2H3,(H,26,29)/t18-,19+,20+,21-,25+/m1/s1. The van der Waals surface area contributed by atoms with Gasteiger partial charge in [0.2, 0.25) is 11.8 Å². The summed E-state index contributed by atoms with van der Waals surface area (Å²) in [5, 5.41) is 12.0. The predicted molar refractivity (Wildman–Crippen MR) is 123 cm³/mol. The quantitative estimate of drug-likeness (QED) is 0.373. The minimum absolute atomic E-state index is 0.136. The highest BCUT2D eigenvalue weighted by Crippen LogP contribution is 2.58. The molecule has 4 rings (SSSR count). The molecule has 0 radical (unpaired) electrons. The van der Waals surface area contributed by atoms with Crippen molar-refractivity contribution in [2.45, 2.75) is 63.2 Å². The molecule has 186 valence electrons. The SMILES string of the molecule is CCOC(=O)[C@@H]1[C@H]2C(=O)N(CCCCCCO)[C@H](C(=O)Nc3ccc(OC)cc3)[C@]23CC[C@H]1O3. The van der Waals surface area contributed by atoms with Gasteiger partial charge in [-0.3, -0.25) is 14.4 Å². The molecule has 0 aliphatic carbocycles. The topological polar surface area (TPSA) is 114 Å². The third-order valence-corrected chi connectivity index (χ3v) is 7.27. The van der Waals surface area contributed by atoms with E-state index in [4.69, 9.17) is 19.3 Å². The van der Waals surface area contributed by atoms with Crippen LogP contribution in [-0.2, 0) is 23.9 Å². The Bertz CT molecular complexity index is 905. The van der Waals surface area contributed by atoms with Crippen LogP contribution in [0.4, 0.5) is 5.69 Å². The van der Waals surface area contributed by atoms with Gasteiger partial charge in [-0.15, -0.1) is 0 Å². The maximum absolute atomic E-state index is 13.7. The summed E-state index contributed by atoms with van der Waals surface area (Å²) < 4.78 is 16.8. The number of nitrogens with zero attached hydrogens (tertiary/aromatic N) is 1. The molecule has 3 heterocycles. The van der Waals surface area contributed by atoms with E-state index in [0.29, 0.717) is 43.7 Å². The molecule has 2 N–H and O–H groups in total. The summed E-state index contributed by atoms with van der Waals surface area (Å²) in [5.74, 6) is -1.68. The summed E-state index contributed by atoms with van der Waals surface area (Å²) in [5.41, 5.74) is -0.434. The number of rotatable bonds is 11. The van der Waals surface area contributed by atoms with Crippen molar-refractivity contribution in [2.24, 2.45) is 11.8 Å².